The Morgan fingerprint density at radius 1 is 1.27 bits per heavy atom. The normalized spacial score (nSPS) is 26.2. The first-order chi connectivity index (χ1) is 14.0. The molecule has 0 N–H and O–H groups in total. The van der Waals surface area contributed by atoms with E-state index in [2.05, 4.69) is 61.1 Å². The summed E-state index contributed by atoms with van der Waals surface area (Å²) in [5.41, 5.74) is 4.31. The molecule has 1 unspecified atom stereocenters. The summed E-state index contributed by atoms with van der Waals surface area (Å²) in [6, 6.07) is 7.04. The van der Waals surface area contributed by atoms with Crippen molar-refractivity contribution in [2.75, 3.05) is 18.6 Å². The van der Waals surface area contributed by atoms with Crippen LogP contribution in [0.3, 0.4) is 0 Å². The van der Waals surface area contributed by atoms with E-state index in [0.717, 1.165) is 25.1 Å². The number of hydrogen-bond donors (Lipinski definition) is 0. The summed E-state index contributed by atoms with van der Waals surface area (Å²) < 4.78 is 31.1. The Balaban J connectivity index is 1.46. The molecular weight excluding hydrogens is 400 g/mol. The van der Waals surface area contributed by atoms with Crippen LogP contribution in [0.15, 0.2) is 24.4 Å². The van der Waals surface area contributed by atoms with Crippen LogP contribution in [-0.4, -0.2) is 52.9 Å². The molecule has 0 radical (unpaired) electrons. The number of likely N-dealkylation sites (tertiary alicyclic amines) is 1. The highest BCUT2D eigenvalue weighted by Crippen LogP contribution is 2.53. The Hall–Kier alpha value is -1.77. The van der Waals surface area contributed by atoms with Crippen LogP contribution in [0.1, 0.15) is 56.0 Å². The van der Waals surface area contributed by atoms with E-state index >= 15 is 0 Å². The Bertz CT molecular complexity index is 1050. The number of nitrogens with zero attached hydrogens (tertiary/aromatic N) is 4. The average molecular weight is 433 g/mol. The maximum Gasteiger partial charge on any atom is 0.149 e. The smallest absolute Gasteiger partial charge is 0.149 e. The van der Waals surface area contributed by atoms with E-state index in [1.165, 1.54) is 22.9 Å². The van der Waals surface area contributed by atoms with Gasteiger partial charge in [-0.3, -0.25) is 9.58 Å². The number of piperidine rings is 1. The van der Waals surface area contributed by atoms with Crippen molar-refractivity contribution in [2.45, 2.75) is 70.9 Å². The van der Waals surface area contributed by atoms with Gasteiger partial charge in [0.15, 0.2) is 0 Å². The van der Waals surface area contributed by atoms with Crippen LogP contribution >= 0.6 is 0 Å². The van der Waals surface area contributed by atoms with Gasteiger partial charge in [-0.2, -0.15) is 0 Å². The highest BCUT2D eigenvalue weighted by molar-refractivity contribution is 7.90. The van der Waals surface area contributed by atoms with Crippen molar-refractivity contribution in [3.05, 3.63) is 46.8 Å². The average Bonchev–Trinajstić information content (AvgIpc) is 3.16. The van der Waals surface area contributed by atoms with Gasteiger partial charge >= 0.3 is 0 Å². The number of hydrogen-bond acceptors (Lipinski definition) is 6. The maximum absolute atomic E-state index is 11.4. The van der Waals surface area contributed by atoms with Gasteiger partial charge in [0.2, 0.25) is 0 Å². The van der Waals surface area contributed by atoms with Crippen LogP contribution in [-0.2, 0) is 38.9 Å². The molecule has 30 heavy (non-hydrogen) atoms. The van der Waals surface area contributed by atoms with E-state index in [1.807, 2.05) is 6.20 Å². The van der Waals surface area contributed by atoms with Crippen LogP contribution in [0.5, 0.6) is 0 Å². The molecule has 0 saturated carbocycles. The van der Waals surface area contributed by atoms with Crippen molar-refractivity contribution in [1.29, 1.82) is 0 Å². The number of fused-ring (bicyclic) bond motifs is 2. The second kappa shape index (κ2) is 7.43. The molecule has 164 valence electrons. The molecule has 2 aliphatic heterocycles. The lowest BCUT2D eigenvalue weighted by atomic mass is 9.79. The Labute approximate surface area is 179 Å². The zero-order chi connectivity index (χ0) is 21.7. The molecule has 3 heterocycles. The summed E-state index contributed by atoms with van der Waals surface area (Å²) in [6.45, 7) is 10.7. The first-order valence-electron chi connectivity index (χ1n) is 10.6. The van der Waals surface area contributed by atoms with Gasteiger partial charge in [0, 0.05) is 31.6 Å². The van der Waals surface area contributed by atoms with Crippen molar-refractivity contribution in [2.24, 2.45) is 0 Å². The number of rotatable bonds is 5. The van der Waals surface area contributed by atoms with E-state index in [0.29, 0.717) is 19.1 Å². The summed E-state index contributed by atoms with van der Waals surface area (Å²) in [4.78, 5) is 2.42. The summed E-state index contributed by atoms with van der Waals surface area (Å²) in [5, 5.41) is 8.34. The minimum atomic E-state index is -3.01. The third-order valence-electron chi connectivity index (χ3n) is 6.46. The monoisotopic (exact) mass is 432 g/mol. The molecule has 4 rings (SSSR count). The fourth-order valence-corrected chi connectivity index (χ4v) is 5.49. The number of benzene rings is 1. The molecule has 0 bridgehead atoms. The molecule has 1 saturated heterocycles. The van der Waals surface area contributed by atoms with Crippen molar-refractivity contribution in [1.82, 2.24) is 19.9 Å². The topological polar surface area (TPSA) is 77.3 Å². The first kappa shape index (κ1) is 21.5. The Morgan fingerprint density at radius 2 is 2.03 bits per heavy atom. The molecule has 2 aliphatic rings. The summed E-state index contributed by atoms with van der Waals surface area (Å²) in [6.07, 6.45) is 4.98. The minimum absolute atomic E-state index is 0.0738. The van der Waals surface area contributed by atoms with Crippen LogP contribution in [0.4, 0.5) is 0 Å². The zero-order valence-corrected chi connectivity index (χ0v) is 19.4. The van der Waals surface area contributed by atoms with Gasteiger partial charge in [-0.05, 0) is 51.7 Å². The standard InChI is InChI=1S/C22H32N4O3S/c1-16-6-7-19-20(12-16)22(29-21(19,3)4)8-9-25(17(2)13-22)14-18-15-26(24-23-18)10-11-30(5,27)28/h6-7,12,15,17H,8-11,13-14H2,1-5H3/t17-,22?/m0/s1. The lowest BCUT2D eigenvalue weighted by Gasteiger charge is -2.44. The predicted molar refractivity (Wildman–Crippen MR) is 116 cm³/mol. The van der Waals surface area contributed by atoms with Gasteiger partial charge < -0.3 is 4.74 Å². The van der Waals surface area contributed by atoms with Crippen molar-refractivity contribution >= 4 is 9.84 Å². The van der Waals surface area contributed by atoms with Crippen LogP contribution < -0.4 is 0 Å². The summed E-state index contributed by atoms with van der Waals surface area (Å²) in [5.74, 6) is 0.0738. The molecule has 2 atom stereocenters. The highest BCUT2D eigenvalue weighted by Gasteiger charge is 2.51. The molecule has 1 aromatic carbocycles. The fraction of sp³-hybridized carbons (Fsp3) is 0.636. The van der Waals surface area contributed by atoms with E-state index in [1.54, 1.807) is 4.68 Å². The number of ether oxygens (including phenoxy) is 1. The van der Waals surface area contributed by atoms with Crippen molar-refractivity contribution in [3.8, 4) is 0 Å². The number of sulfone groups is 1. The SMILES string of the molecule is Cc1ccc2c(c1)C1(CCN(Cc3cn(CCS(C)(=O)=O)nn3)[C@@H](C)C1)OC2(C)C. The predicted octanol–water partition coefficient (Wildman–Crippen LogP) is 2.78. The van der Waals surface area contributed by atoms with Crippen LogP contribution in [0.2, 0.25) is 0 Å². The van der Waals surface area contributed by atoms with Gasteiger partial charge in [0.1, 0.15) is 9.84 Å². The number of aromatic nitrogens is 3. The second-order valence-corrected chi connectivity index (χ2v) is 11.8. The molecule has 8 heteroatoms. The molecule has 1 spiro atoms. The highest BCUT2D eigenvalue weighted by atomic mass is 32.2. The Morgan fingerprint density at radius 3 is 2.73 bits per heavy atom. The lowest BCUT2D eigenvalue weighted by Crippen LogP contribution is -2.48. The Kier molecular flexibility index (Phi) is 5.31. The summed E-state index contributed by atoms with van der Waals surface area (Å²) in [7, 11) is -3.01. The number of aryl methyl sites for hydroxylation is 2. The minimum Gasteiger partial charge on any atom is -0.360 e. The van der Waals surface area contributed by atoms with E-state index in [-0.39, 0.29) is 17.0 Å². The van der Waals surface area contributed by atoms with Gasteiger partial charge in [0.25, 0.3) is 0 Å². The van der Waals surface area contributed by atoms with E-state index < -0.39 is 9.84 Å². The molecule has 2 aromatic rings. The largest absolute Gasteiger partial charge is 0.360 e. The molecular formula is C22H32N4O3S. The molecule has 1 aromatic heterocycles. The van der Waals surface area contributed by atoms with E-state index in [9.17, 15) is 8.42 Å². The second-order valence-electron chi connectivity index (χ2n) is 9.53. The lowest BCUT2D eigenvalue weighted by molar-refractivity contribution is -0.159. The third-order valence-corrected chi connectivity index (χ3v) is 7.38. The van der Waals surface area contributed by atoms with Crippen molar-refractivity contribution in [3.63, 3.8) is 0 Å². The molecule has 0 amide bonds. The van der Waals surface area contributed by atoms with Gasteiger partial charge in [-0.25, -0.2) is 8.42 Å². The quantitative estimate of drug-likeness (QED) is 0.723. The van der Waals surface area contributed by atoms with Crippen LogP contribution in [0.25, 0.3) is 0 Å². The summed E-state index contributed by atoms with van der Waals surface area (Å²) >= 11 is 0. The van der Waals surface area contributed by atoms with Gasteiger partial charge in [-0.15, -0.1) is 5.10 Å². The maximum atomic E-state index is 11.4. The molecule has 0 aliphatic carbocycles. The van der Waals surface area contributed by atoms with Crippen molar-refractivity contribution < 1.29 is 13.2 Å². The molecule has 1 fully saturated rings. The van der Waals surface area contributed by atoms with Gasteiger partial charge in [0.05, 0.1) is 29.2 Å². The fourth-order valence-electron chi connectivity index (χ4n) is 4.97. The van der Waals surface area contributed by atoms with E-state index in [4.69, 9.17) is 4.74 Å². The van der Waals surface area contributed by atoms with Crippen LogP contribution in [0, 0.1) is 6.92 Å². The van der Waals surface area contributed by atoms with Gasteiger partial charge in [-0.1, -0.05) is 29.0 Å². The molecule has 7 nitrogen and oxygen atoms in total. The third kappa shape index (κ3) is 4.18. The first-order valence-corrected chi connectivity index (χ1v) is 12.7. The zero-order valence-electron chi connectivity index (χ0n) is 18.6.